The van der Waals surface area contributed by atoms with E-state index >= 15 is 4.39 Å². The highest BCUT2D eigenvalue weighted by Gasteiger charge is 2.25. The molecule has 1 atom stereocenters. The summed E-state index contributed by atoms with van der Waals surface area (Å²) in [5.74, 6) is -0.868. The number of carbonyl (C=O) groups excluding carboxylic acids is 1. The number of alkyl carbamates (subject to hydrolysis) is 1. The zero-order valence-corrected chi connectivity index (χ0v) is 24.2. The molecular weight excluding hydrogens is 527 g/mol. The average Bonchev–Trinajstić information content (AvgIpc) is 3.12. The van der Waals surface area contributed by atoms with Crippen LogP contribution in [-0.4, -0.2) is 74.5 Å². The first-order valence-corrected chi connectivity index (χ1v) is 15.4. The van der Waals surface area contributed by atoms with E-state index in [1.165, 1.54) is 24.5 Å². The van der Waals surface area contributed by atoms with E-state index in [1.807, 2.05) is 17.7 Å². The van der Waals surface area contributed by atoms with Crippen molar-refractivity contribution in [2.24, 2.45) is 0 Å². The number of ether oxygens (including phenoxy) is 3. The van der Waals surface area contributed by atoms with Gasteiger partial charge in [-0.05, 0) is 69.7 Å². The number of carboxylic acids is 1. The molecule has 0 aliphatic carbocycles. The molecule has 1 amide bonds. The van der Waals surface area contributed by atoms with Crippen molar-refractivity contribution >= 4 is 33.1 Å². The molecule has 0 unspecified atom stereocenters. The number of amides is 1. The maximum absolute atomic E-state index is 15.0. The molecule has 0 aliphatic heterocycles. The van der Waals surface area contributed by atoms with Crippen LogP contribution in [0, 0.1) is 12.7 Å². The lowest BCUT2D eigenvalue weighted by Crippen LogP contribution is -2.44. The maximum Gasteiger partial charge on any atom is 0.408 e. The molecule has 0 saturated carbocycles. The first kappa shape index (κ1) is 30.2. The molecule has 0 fully saturated rings. The second-order valence-corrected chi connectivity index (χ2v) is 15.7. The predicted octanol–water partition coefficient (Wildman–Crippen LogP) is 4.86. The molecule has 2 heterocycles. The van der Waals surface area contributed by atoms with Crippen molar-refractivity contribution in [1.29, 1.82) is 0 Å². The highest BCUT2D eigenvalue weighted by Crippen LogP contribution is 2.34. The van der Waals surface area contributed by atoms with Crippen LogP contribution in [0.4, 0.5) is 9.18 Å². The van der Waals surface area contributed by atoms with Crippen LogP contribution in [0.25, 0.3) is 11.0 Å². The number of rotatable bonds is 11. The number of hydrogen-bond donors (Lipinski definition) is 2. The molecule has 2 aromatic heterocycles. The minimum Gasteiger partial charge on any atom is -0.480 e. The maximum atomic E-state index is 15.0. The number of hydrogen-bond acceptors (Lipinski definition) is 7. The summed E-state index contributed by atoms with van der Waals surface area (Å²) in [4.78, 5) is 32.3. The molecule has 0 saturated heterocycles. The summed E-state index contributed by atoms with van der Waals surface area (Å²) in [5, 5.41) is 12.5. The van der Waals surface area contributed by atoms with E-state index < -0.39 is 39.6 Å². The van der Waals surface area contributed by atoms with E-state index in [0.717, 1.165) is 11.3 Å². The highest BCUT2D eigenvalue weighted by molar-refractivity contribution is 8.32. The van der Waals surface area contributed by atoms with Gasteiger partial charge in [0, 0.05) is 18.4 Å². The van der Waals surface area contributed by atoms with Gasteiger partial charge in [-0.15, -0.1) is 0 Å². The number of nitrogens with one attached hydrogen (secondary N) is 1. The van der Waals surface area contributed by atoms with Crippen molar-refractivity contribution in [1.82, 2.24) is 19.9 Å². The first-order chi connectivity index (χ1) is 18.1. The van der Waals surface area contributed by atoms with Crippen LogP contribution in [0.5, 0.6) is 11.6 Å². The molecule has 12 heteroatoms. The Balaban J connectivity index is 1.74. The van der Waals surface area contributed by atoms with E-state index in [1.54, 1.807) is 20.8 Å². The average molecular weight is 565 g/mol. The van der Waals surface area contributed by atoms with Gasteiger partial charge in [-0.2, -0.15) is 0 Å². The van der Waals surface area contributed by atoms with Crippen molar-refractivity contribution in [2.45, 2.75) is 52.5 Å². The van der Waals surface area contributed by atoms with E-state index in [2.05, 4.69) is 34.1 Å². The predicted molar refractivity (Wildman–Crippen MR) is 149 cm³/mol. The Hall–Kier alpha value is -3.38. The number of benzene rings is 1. The fourth-order valence-corrected chi connectivity index (χ4v) is 4.29. The van der Waals surface area contributed by atoms with Crippen LogP contribution < -0.4 is 10.1 Å². The number of aliphatic carboxylic acids is 1. The Kier molecular flexibility index (Phi) is 9.44. The number of carboxylic acid groups (broad SMARTS) is 1. The molecule has 0 radical (unpaired) electrons. The molecule has 39 heavy (non-hydrogen) atoms. The number of aryl methyl sites for hydroxylation is 1. The Bertz CT molecular complexity index is 1330. The summed E-state index contributed by atoms with van der Waals surface area (Å²) in [6.07, 6.45) is 8.92. The zero-order chi connectivity index (χ0) is 29.0. The molecular formula is C27H37FN4O6S. The molecule has 3 aromatic rings. The van der Waals surface area contributed by atoms with Gasteiger partial charge in [0.1, 0.15) is 30.3 Å². The summed E-state index contributed by atoms with van der Waals surface area (Å²) < 4.78 is 33.7. The molecule has 0 bridgehead atoms. The lowest BCUT2D eigenvalue weighted by Gasteiger charge is -2.24. The van der Waals surface area contributed by atoms with Crippen LogP contribution >= 0.6 is 10.0 Å². The summed E-state index contributed by atoms with van der Waals surface area (Å²) in [6, 6.07) is 2.80. The summed E-state index contributed by atoms with van der Waals surface area (Å²) >= 11 is 0. The number of carbonyl (C=O) groups is 2. The normalized spacial score (nSPS) is 13.2. The second kappa shape index (κ2) is 12.2. The largest absolute Gasteiger partial charge is 0.480 e. The first-order valence-electron chi connectivity index (χ1n) is 12.4. The van der Waals surface area contributed by atoms with E-state index in [4.69, 9.17) is 14.2 Å². The topological polar surface area (TPSA) is 125 Å². The van der Waals surface area contributed by atoms with Crippen LogP contribution in [0.2, 0.25) is 0 Å². The van der Waals surface area contributed by atoms with Gasteiger partial charge in [0.25, 0.3) is 0 Å². The molecule has 1 aromatic carbocycles. The monoisotopic (exact) mass is 564 g/mol. The fourth-order valence-electron chi connectivity index (χ4n) is 3.67. The Labute approximate surface area is 229 Å². The van der Waals surface area contributed by atoms with Gasteiger partial charge in [-0.25, -0.2) is 34.0 Å². The number of fused-ring (bicyclic) bond motifs is 1. The van der Waals surface area contributed by atoms with Gasteiger partial charge in [0.2, 0.25) is 5.88 Å². The van der Waals surface area contributed by atoms with Crippen molar-refractivity contribution in [2.75, 3.05) is 31.1 Å². The quantitative estimate of drug-likeness (QED) is 0.317. The van der Waals surface area contributed by atoms with Crippen LogP contribution in [-0.2, 0) is 27.4 Å². The zero-order valence-electron chi connectivity index (χ0n) is 23.4. The minimum atomic E-state index is -1.30. The summed E-state index contributed by atoms with van der Waals surface area (Å²) in [5.41, 5.74) is 1.02. The van der Waals surface area contributed by atoms with Crippen LogP contribution in [0.3, 0.4) is 0 Å². The van der Waals surface area contributed by atoms with Crippen molar-refractivity contribution in [3.05, 3.63) is 47.7 Å². The van der Waals surface area contributed by atoms with Gasteiger partial charge >= 0.3 is 12.1 Å². The fraction of sp³-hybridized carbons (Fsp3) is 0.481. The van der Waals surface area contributed by atoms with E-state index in [9.17, 15) is 14.7 Å². The Morgan fingerprint density at radius 1 is 1.21 bits per heavy atom. The lowest BCUT2D eigenvalue weighted by molar-refractivity contribution is -0.139. The van der Waals surface area contributed by atoms with Gasteiger partial charge in [-0.1, -0.05) is 6.07 Å². The van der Waals surface area contributed by atoms with Gasteiger partial charge in [0.05, 0.1) is 12.0 Å². The SMILES string of the molecule is Cc1cn(COCCS(C)(C)C)c2ncnc(Oc3ccc(C[C@H](NC(=O)OC(C)(C)C)C(=O)O)cc3F)c12. The third-order valence-electron chi connectivity index (χ3n) is 5.51. The molecule has 2 N–H and O–H groups in total. The third kappa shape index (κ3) is 8.82. The highest BCUT2D eigenvalue weighted by atomic mass is 32.3. The lowest BCUT2D eigenvalue weighted by atomic mass is 10.1. The Morgan fingerprint density at radius 2 is 1.92 bits per heavy atom. The van der Waals surface area contributed by atoms with Crippen molar-refractivity contribution in [3.8, 4) is 11.6 Å². The molecule has 0 aliphatic rings. The minimum absolute atomic E-state index is 0.0812. The summed E-state index contributed by atoms with van der Waals surface area (Å²) in [6.45, 7) is 7.85. The van der Waals surface area contributed by atoms with Crippen LogP contribution in [0.1, 0.15) is 31.9 Å². The van der Waals surface area contributed by atoms with Crippen LogP contribution in [0.15, 0.2) is 30.7 Å². The van der Waals surface area contributed by atoms with Crippen molar-refractivity contribution < 1.29 is 33.3 Å². The smallest absolute Gasteiger partial charge is 0.408 e. The standard InChI is InChI=1S/C27H37FN4O6S/c1-17-14-32(16-36-10-11-39(5,6)7)23-22(17)24(30-15-29-23)37-21-9-8-18(12-19(21)28)13-20(25(33)34)31-26(35)38-27(2,3)4/h8-9,12,14-15,20H,10-11,13,16H2,1-7H3,(H,31,35)(H,33,34)/t20-/m0/s1. The summed E-state index contributed by atoms with van der Waals surface area (Å²) in [7, 11) is -0.656. The number of halogens is 1. The third-order valence-corrected chi connectivity index (χ3v) is 6.90. The van der Waals surface area contributed by atoms with E-state index in [-0.39, 0.29) is 18.1 Å². The molecule has 0 spiro atoms. The molecule has 3 rings (SSSR count). The second-order valence-electron chi connectivity index (χ2n) is 11.1. The van der Waals surface area contributed by atoms with E-state index in [0.29, 0.717) is 29.9 Å². The Morgan fingerprint density at radius 3 is 2.54 bits per heavy atom. The van der Waals surface area contributed by atoms with Gasteiger partial charge in [0.15, 0.2) is 11.6 Å². The van der Waals surface area contributed by atoms with Gasteiger partial charge < -0.3 is 29.2 Å². The molecule has 214 valence electrons. The number of aromatic nitrogens is 3. The number of nitrogens with zero attached hydrogens (tertiary/aromatic N) is 3. The van der Waals surface area contributed by atoms with Crippen molar-refractivity contribution in [3.63, 3.8) is 0 Å². The molecule has 10 nitrogen and oxygen atoms in total. The van der Waals surface area contributed by atoms with Gasteiger partial charge in [-0.3, -0.25) is 0 Å².